The lowest BCUT2D eigenvalue weighted by atomic mass is 10.1. The van der Waals surface area contributed by atoms with Gasteiger partial charge in [-0.05, 0) is 13.0 Å². The lowest BCUT2D eigenvalue weighted by molar-refractivity contribution is -0.139. The molecule has 1 aliphatic heterocycles. The third-order valence-corrected chi connectivity index (χ3v) is 2.92. The number of hydrogen-bond donors (Lipinski definition) is 1. The van der Waals surface area contributed by atoms with Crippen LogP contribution < -0.4 is 5.32 Å². The summed E-state index contributed by atoms with van der Waals surface area (Å²) in [7, 11) is 1.62. The maximum absolute atomic E-state index is 11.8. The molecule has 5 heteroatoms. The number of nitrogens with zero attached hydrogens (tertiary/aromatic N) is 1. The summed E-state index contributed by atoms with van der Waals surface area (Å²) in [6.07, 6.45) is 1.35. The molecule has 2 atom stereocenters. The van der Waals surface area contributed by atoms with E-state index in [4.69, 9.17) is 4.74 Å². The molecule has 0 aliphatic carbocycles. The van der Waals surface area contributed by atoms with Crippen LogP contribution in [0.15, 0.2) is 0 Å². The Morgan fingerprint density at radius 1 is 1.53 bits per heavy atom. The summed E-state index contributed by atoms with van der Waals surface area (Å²) < 4.78 is 5.10. The minimum absolute atomic E-state index is 0.0261. The normalized spacial score (nSPS) is 22.3. The SMILES string of the molecule is CCCNC(COC)CN1C(=O)CC(C)C1=O. The number of nitrogens with one attached hydrogen (secondary N) is 1. The molecule has 0 aromatic rings. The average Bonchev–Trinajstić information content (AvgIpc) is 2.53. The summed E-state index contributed by atoms with van der Waals surface area (Å²) in [4.78, 5) is 24.8. The number of rotatable bonds is 7. The molecule has 0 radical (unpaired) electrons. The zero-order valence-electron chi connectivity index (χ0n) is 10.9. The van der Waals surface area contributed by atoms with E-state index in [0.717, 1.165) is 13.0 Å². The zero-order valence-corrected chi connectivity index (χ0v) is 10.9. The molecule has 1 heterocycles. The number of methoxy groups -OCH3 is 1. The van der Waals surface area contributed by atoms with E-state index in [-0.39, 0.29) is 23.8 Å². The molecule has 0 aromatic heterocycles. The number of hydrogen-bond acceptors (Lipinski definition) is 4. The number of imide groups is 1. The van der Waals surface area contributed by atoms with Gasteiger partial charge in [0.1, 0.15) is 0 Å². The molecular formula is C12H22N2O3. The van der Waals surface area contributed by atoms with Gasteiger partial charge in [0.25, 0.3) is 0 Å². The maximum atomic E-state index is 11.8. The van der Waals surface area contributed by atoms with Gasteiger partial charge in [-0.2, -0.15) is 0 Å². The van der Waals surface area contributed by atoms with Gasteiger partial charge in [0.15, 0.2) is 0 Å². The van der Waals surface area contributed by atoms with E-state index >= 15 is 0 Å². The van der Waals surface area contributed by atoms with Crippen molar-refractivity contribution >= 4 is 11.8 Å². The van der Waals surface area contributed by atoms with E-state index in [2.05, 4.69) is 12.2 Å². The van der Waals surface area contributed by atoms with Gasteiger partial charge < -0.3 is 10.1 Å². The smallest absolute Gasteiger partial charge is 0.232 e. The van der Waals surface area contributed by atoms with Crippen molar-refractivity contribution < 1.29 is 14.3 Å². The van der Waals surface area contributed by atoms with Crippen LogP contribution in [-0.4, -0.2) is 49.6 Å². The molecule has 1 N–H and O–H groups in total. The van der Waals surface area contributed by atoms with Crippen LogP contribution in [0.3, 0.4) is 0 Å². The fourth-order valence-corrected chi connectivity index (χ4v) is 1.99. The highest BCUT2D eigenvalue weighted by Gasteiger charge is 2.36. The van der Waals surface area contributed by atoms with Crippen LogP contribution in [0, 0.1) is 5.92 Å². The average molecular weight is 242 g/mol. The maximum Gasteiger partial charge on any atom is 0.232 e. The first-order chi connectivity index (χ1) is 8.10. The van der Waals surface area contributed by atoms with Crippen molar-refractivity contribution in [1.29, 1.82) is 0 Å². The molecule has 1 aliphatic rings. The van der Waals surface area contributed by atoms with Crippen molar-refractivity contribution in [2.45, 2.75) is 32.7 Å². The Bertz CT molecular complexity index is 281. The summed E-state index contributed by atoms with van der Waals surface area (Å²) in [5, 5.41) is 3.28. The largest absolute Gasteiger partial charge is 0.383 e. The first kappa shape index (κ1) is 14.1. The van der Waals surface area contributed by atoms with E-state index < -0.39 is 0 Å². The Morgan fingerprint density at radius 3 is 2.71 bits per heavy atom. The topological polar surface area (TPSA) is 58.6 Å². The number of carbonyl (C=O) groups excluding carboxylic acids is 2. The lowest BCUT2D eigenvalue weighted by Crippen LogP contribution is -2.46. The molecule has 98 valence electrons. The first-order valence-corrected chi connectivity index (χ1v) is 6.16. The van der Waals surface area contributed by atoms with Crippen molar-refractivity contribution in [2.75, 3.05) is 26.8 Å². The van der Waals surface area contributed by atoms with Crippen LogP contribution in [0.2, 0.25) is 0 Å². The predicted molar refractivity (Wildman–Crippen MR) is 64.5 cm³/mol. The highest BCUT2D eigenvalue weighted by atomic mass is 16.5. The Kier molecular flexibility index (Phi) is 5.58. The Labute approximate surface area is 102 Å². The number of likely N-dealkylation sites (tertiary alicyclic amines) is 1. The molecule has 2 amide bonds. The van der Waals surface area contributed by atoms with Gasteiger partial charge in [-0.15, -0.1) is 0 Å². The molecule has 2 unspecified atom stereocenters. The van der Waals surface area contributed by atoms with Gasteiger partial charge in [-0.1, -0.05) is 13.8 Å². The van der Waals surface area contributed by atoms with Crippen LogP contribution in [0.4, 0.5) is 0 Å². The van der Waals surface area contributed by atoms with Crippen LogP contribution >= 0.6 is 0 Å². The highest BCUT2D eigenvalue weighted by molar-refractivity contribution is 6.03. The summed E-state index contributed by atoms with van der Waals surface area (Å²) in [6, 6.07) is 0.0261. The van der Waals surface area contributed by atoms with E-state index in [1.54, 1.807) is 14.0 Å². The monoisotopic (exact) mass is 242 g/mol. The summed E-state index contributed by atoms with van der Waals surface area (Å²) in [6.45, 7) is 5.65. The summed E-state index contributed by atoms with van der Waals surface area (Å²) >= 11 is 0. The quantitative estimate of drug-likeness (QED) is 0.656. The fourth-order valence-electron chi connectivity index (χ4n) is 1.99. The molecular weight excluding hydrogens is 220 g/mol. The molecule has 1 rings (SSSR count). The Hall–Kier alpha value is -0.940. The zero-order chi connectivity index (χ0) is 12.8. The minimum atomic E-state index is -0.170. The first-order valence-electron chi connectivity index (χ1n) is 6.16. The van der Waals surface area contributed by atoms with Crippen LogP contribution in [0.25, 0.3) is 0 Å². The Morgan fingerprint density at radius 2 is 2.24 bits per heavy atom. The van der Waals surface area contributed by atoms with E-state index in [9.17, 15) is 9.59 Å². The van der Waals surface area contributed by atoms with Crippen molar-refractivity contribution in [3.05, 3.63) is 0 Å². The van der Waals surface area contributed by atoms with Gasteiger partial charge in [0.05, 0.1) is 6.61 Å². The van der Waals surface area contributed by atoms with E-state index in [1.165, 1.54) is 4.90 Å². The highest BCUT2D eigenvalue weighted by Crippen LogP contribution is 2.18. The van der Waals surface area contributed by atoms with Crippen LogP contribution in [0.1, 0.15) is 26.7 Å². The minimum Gasteiger partial charge on any atom is -0.383 e. The number of ether oxygens (including phenoxy) is 1. The number of amides is 2. The second kappa shape index (κ2) is 6.71. The standard InChI is InChI=1S/C12H22N2O3/c1-4-5-13-10(8-17-3)7-14-11(15)6-9(2)12(14)16/h9-10,13H,4-8H2,1-3H3. The van der Waals surface area contributed by atoms with E-state index in [1.807, 2.05) is 0 Å². The van der Waals surface area contributed by atoms with Gasteiger partial charge >= 0.3 is 0 Å². The van der Waals surface area contributed by atoms with Gasteiger partial charge in [-0.25, -0.2) is 0 Å². The fraction of sp³-hybridized carbons (Fsp3) is 0.833. The molecule has 1 fully saturated rings. The summed E-state index contributed by atoms with van der Waals surface area (Å²) in [5.41, 5.74) is 0. The van der Waals surface area contributed by atoms with Gasteiger partial charge in [0, 0.05) is 32.0 Å². The Balaban J connectivity index is 2.53. The van der Waals surface area contributed by atoms with Crippen LogP contribution in [-0.2, 0) is 14.3 Å². The van der Waals surface area contributed by atoms with E-state index in [0.29, 0.717) is 19.6 Å². The predicted octanol–water partition coefficient (Wildman–Crippen LogP) is 0.396. The third-order valence-electron chi connectivity index (χ3n) is 2.92. The number of carbonyl (C=O) groups is 2. The van der Waals surface area contributed by atoms with Crippen molar-refractivity contribution in [3.63, 3.8) is 0 Å². The van der Waals surface area contributed by atoms with Gasteiger partial charge in [-0.3, -0.25) is 14.5 Å². The molecule has 0 aromatic carbocycles. The summed E-state index contributed by atoms with van der Waals surface area (Å²) in [5.74, 6) is -0.298. The lowest BCUT2D eigenvalue weighted by Gasteiger charge is -2.23. The molecule has 1 saturated heterocycles. The van der Waals surface area contributed by atoms with Gasteiger partial charge in [0.2, 0.25) is 11.8 Å². The van der Waals surface area contributed by atoms with Crippen molar-refractivity contribution in [1.82, 2.24) is 10.2 Å². The van der Waals surface area contributed by atoms with Crippen molar-refractivity contribution in [3.8, 4) is 0 Å². The molecule has 0 bridgehead atoms. The second-order valence-corrected chi connectivity index (χ2v) is 4.55. The molecule has 0 spiro atoms. The molecule has 5 nitrogen and oxygen atoms in total. The second-order valence-electron chi connectivity index (χ2n) is 4.55. The molecule has 17 heavy (non-hydrogen) atoms. The van der Waals surface area contributed by atoms with Crippen molar-refractivity contribution in [2.24, 2.45) is 5.92 Å². The third kappa shape index (κ3) is 3.78. The van der Waals surface area contributed by atoms with Crippen LogP contribution in [0.5, 0.6) is 0 Å². The molecule has 0 saturated carbocycles.